The highest BCUT2D eigenvalue weighted by Crippen LogP contribution is 2.25. The third-order valence-electron chi connectivity index (χ3n) is 5.78. The Morgan fingerprint density at radius 1 is 1.07 bits per heavy atom. The molecule has 7 heteroatoms. The molecule has 2 aromatic rings. The van der Waals surface area contributed by atoms with Gasteiger partial charge in [0, 0.05) is 51.0 Å². The van der Waals surface area contributed by atoms with E-state index >= 15 is 0 Å². The van der Waals surface area contributed by atoms with Gasteiger partial charge in [0.15, 0.2) is 0 Å². The van der Waals surface area contributed by atoms with Crippen LogP contribution < -0.4 is 9.80 Å². The van der Waals surface area contributed by atoms with Crippen molar-refractivity contribution in [2.75, 3.05) is 36.0 Å². The van der Waals surface area contributed by atoms with Crippen LogP contribution >= 0.6 is 0 Å². The lowest BCUT2D eigenvalue weighted by Crippen LogP contribution is -2.49. The van der Waals surface area contributed by atoms with E-state index in [4.69, 9.17) is 0 Å². The molecule has 7 nitrogen and oxygen atoms in total. The number of pyridine rings is 2. The third-order valence-corrected chi connectivity index (χ3v) is 5.78. The summed E-state index contributed by atoms with van der Waals surface area (Å²) < 4.78 is 0. The molecule has 0 N–H and O–H groups in total. The minimum absolute atomic E-state index is 0.0157. The fourth-order valence-electron chi connectivity index (χ4n) is 4.18. The molecule has 29 heavy (non-hydrogen) atoms. The quantitative estimate of drug-likeness (QED) is 0.802. The molecule has 2 aliphatic rings. The number of rotatable bonds is 3. The van der Waals surface area contributed by atoms with Crippen LogP contribution in [0.15, 0.2) is 30.6 Å². The van der Waals surface area contributed by atoms with Crippen LogP contribution in [0.4, 0.5) is 11.6 Å². The number of carbonyl (C=O) groups excluding carboxylic acids is 2. The molecular formula is C22H27N5O2. The van der Waals surface area contributed by atoms with E-state index in [1.165, 1.54) is 0 Å². The molecule has 152 valence electrons. The largest absolute Gasteiger partial charge is 0.353 e. The third kappa shape index (κ3) is 3.81. The van der Waals surface area contributed by atoms with E-state index in [2.05, 4.69) is 27.9 Å². The first-order valence-electron chi connectivity index (χ1n) is 10.2. The molecule has 0 spiro atoms. The maximum atomic E-state index is 12.9. The number of hydrogen-bond acceptors (Lipinski definition) is 5. The smallest absolute Gasteiger partial charge is 0.255 e. The van der Waals surface area contributed by atoms with E-state index in [9.17, 15) is 9.59 Å². The highest BCUT2D eigenvalue weighted by atomic mass is 16.2. The van der Waals surface area contributed by atoms with Crippen LogP contribution in [0.1, 0.15) is 41.3 Å². The molecular weight excluding hydrogens is 366 g/mol. The lowest BCUT2D eigenvalue weighted by atomic mass is 10.2. The van der Waals surface area contributed by atoms with Gasteiger partial charge in [0.2, 0.25) is 5.91 Å². The van der Waals surface area contributed by atoms with E-state index in [1.54, 1.807) is 23.2 Å². The molecule has 4 rings (SSSR count). The molecule has 1 atom stereocenters. The number of anilines is 2. The van der Waals surface area contributed by atoms with Crippen molar-refractivity contribution in [3.05, 3.63) is 47.3 Å². The summed E-state index contributed by atoms with van der Waals surface area (Å²) in [6.07, 6.45) is 4.89. The number of aryl methyl sites for hydroxylation is 2. The van der Waals surface area contributed by atoms with Crippen molar-refractivity contribution in [3.63, 3.8) is 0 Å². The number of nitrogens with zero attached hydrogens (tertiary/aromatic N) is 5. The first-order chi connectivity index (χ1) is 13.9. The molecule has 0 bridgehead atoms. The summed E-state index contributed by atoms with van der Waals surface area (Å²) in [5.41, 5.74) is 2.88. The topological polar surface area (TPSA) is 69.6 Å². The Balaban J connectivity index is 1.40. The second-order valence-corrected chi connectivity index (χ2v) is 7.99. The molecule has 2 fully saturated rings. The summed E-state index contributed by atoms with van der Waals surface area (Å²) in [4.78, 5) is 39.7. The molecule has 0 aliphatic carbocycles. The van der Waals surface area contributed by atoms with E-state index in [0.29, 0.717) is 30.9 Å². The zero-order valence-electron chi connectivity index (χ0n) is 17.3. The summed E-state index contributed by atoms with van der Waals surface area (Å²) in [5, 5.41) is 0. The maximum Gasteiger partial charge on any atom is 0.255 e. The van der Waals surface area contributed by atoms with Gasteiger partial charge in [0.1, 0.15) is 11.6 Å². The zero-order valence-corrected chi connectivity index (χ0v) is 17.3. The Morgan fingerprint density at radius 3 is 2.41 bits per heavy atom. The molecule has 0 unspecified atom stereocenters. The van der Waals surface area contributed by atoms with Crippen molar-refractivity contribution < 1.29 is 9.59 Å². The van der Waals surface area contributed by atoms with E-state index < -0.39 is 0 Å². The number of amides is 2. The van der Waals surface area contributed by atoms with Crippen LogP contribution in [0, 0.1) is 13.8 Å². The van der Waals surface area contributed by atoms with Crippen LogP contribution in [-0.2, 0) is 4.79 Å². The summed E-state index contributed by atoms with van der Waals surface area (Å²) in [7, 11) is 0. The Kier molecular flexibility index (Phi) is 5.22. The average Bonchev–Trinajstić information content (AvgIpc) is 3.06. The number of hydrogen-bond donors (Lipinski definition) is 0. The van der Waals surface area contributed by atoms with Crippen LogP contribution in [0.25, 0.3) is 0 Å². The van der Waals surface area contributed by atoms with Gasteiger partial charge in [-0.25, -0.2) is 9.97 Å². The summed E-state index contributed by atoms with van der Waals surface area (Å²) in [6, 6.07) is 5.85. The number of aromatic nitrogens is 2. The van der Waals surface area contributed by atoms with E-state index in [-0.39, 0.29) is 17.9 Å². The van der Waals surface area contributed by atoms with Crippen molar-refractivity contribution >= 4 is 23.5 Å². The number of carbonyl (C=O) groups is 2. The van der Waals surface area contributed by atoms with Crippen molar-refractivity contribution in [2.24, 2.45) is 0 Å². The molecule has 2 aromatic heterocycles. The second kappa shape index (κ2) is 7.81. The van der Waals surface area contributed by atoms with Gasteiger partial charge in [-0.15, -0.1) is 0 Å². The molecule has 0 aromatic carbocycles. The molecule has 0 saturated carbocycles. The lowest BCUT2D eigenvalue weighted by molar-refractivity contribution is -0.117. The Bertz CT molecular complexity index is 919. The Hall–Kier alpha value is -2.96. The standard InChI is InChI=1S/C22H27N5O2/c1-15-12-16(2)21(24-13-15)25-8-10-26(11-9-25)22(29)18-5-6-19(23-14-18)27-17(3)4-7-20(27)28/h5-6,12-14,17H,4,7-11H2,1-3H3/t17-/m0/s1. The zero-order chi connectivity index (χ0) is 20.5. The average molecular weight is 393 g/mol. The number of piperazine rings is 1. The minimum Gasteiger partial charge on any atom is -0.353 e. The second-order valence-electron chi connectivity index (χ2n) is 7.99. The molecule has 0 radical (unpaired) electrons. The Labute approximate surface area is 171 Å². The Morgan fingerprint density at radius 2 is 1.83 bits per heavy atom. The van der Waals surface area contributed by atoms with Gasteiger partial charge in [-0.2, -0.15) is 0 Å². The normalized spacial score (nSPS) is 19.8. The molecule has 4 heterocycles. The summed E-state index contributed by atoms with van der Waals surface area (Å²) in [5.74, 6) is 1.71. The van der Waals surface area contributed by atoms with Gasteiger partial charge in [-0.3, -0.25) is 14.5 Å². The minimum atomic E-state index is -0.0157. The molecule has 2 saturated heterocycles. The van der Waals surface area contributed by atoms with Crippen molar-refractivity contribution in [3.8, 4) is 0 Å². The summed E-state index contributed by atoms with van der Waals surface area (Å²) in [6.45, 7) is 8.96. The van der Waals surface area contributed by atoms with Crippen molar-refractivity contribution in [1.82, 2.24) is 14.9 Å². The highest BCUT2D eigenvalue weighted by molar-refractivity contribution is 5.97. The van der Waals surface area contributed by atoms with Crippen LogP contribution in [0.2, 0.25) is 0 Å². The SMILES string of the molecule is Cc1cnc(N2CCN(C(=O)c3ccc(N4C(=O)CC[C@@H]4C)nc3)CC2)c(C)c1. The van der Waals surface area contributed by atoms with Gasteiger partial charge < -0.3 is 9.80 Å². The van der Waals surface area contributed by atoms with Crippen LogP contribution in [0.3, 0.4) is 0 Å². The van der Waals surface area contributed by atoms with E-state index in [0.717, 1.165) is 36.5 Å². The van der Waals surface area contributed by atoms with Gasteiger partial charge in [-0.1, -0.05) is 6.07 Å². The monoisotopic (exact) mass is 393 g/mol. The first-order valence-corrected chi connectivity index (χ1v) is 10.2. The van der Waals surface area contributed by atoms with Gasteiger partial charge in [0.05, 0.1) is 5.56 Å². The lowest BCUT2D eigenvalue weighted by Gasteiger charge is -2.36. The fourth-order valence-corrected chi connectivity index (χ4v) is 4.18. The maximum absolute atomic E-state index is 12.9. The highest BCUT2D eigenvalue weighted by Gasteiger charge is 2.30. The first kappa shape index (κ1) is 19.4. The fraction of sp³-hybridized carbons (Fsp3) is 0.455. The molecule has 2 amide bonds. The molecule has 2 aliphatic heterocycles. The van der Waals surface area contributed by atoms with Crippen LogP contribution in [-0.4, -0.2) is 58.9 Å². The van der Waals surface area contributed by atoms with Crippen molar-refractivity contribution in [1.29, 1.82) is 0 Å². The predicted octanol–water partition coefficient (Wildman–Crippen LogP) is 2.57. The van der Waals surface area contributed by atoms with Gasteiger partial charge >= 0.3 is 0 Å². The van der Waals surface area contributed by atoms with Gasteiger partial charge in [-0.05, 0) is 50.5 Å². The van der Waals surface area contributed by atoms with Gasteiger partial charge in [0.25, 0.3) is 5.91 Å². The van der Waals surface area contributed by atoms with E-state index in [1.807, 2.05) is 24.9 Å². The van der Waals surface area contributed by atoms with Crippen LogP contribution in [0.5, 0.6) is 0 Å². The van der Waals surface area contributed by atoms with Crippen molar-refractivity contribution in [2.45, 2.75) is 39.7 Å². The predicted molar refractivity (Wildman–Crippen MR) is 112 cm³/mol. The summed E-state index contributed by atoms with van der Waals surface area (Å²) >= 11 is 0.